The number of unbranched alkanes of at least 4 members (excludes halogenated alkanes) is 14. The molecule has 0 aromatic carbocycles. The van der Waals surface area contributed by atoms with E-state index < -0.39 is 13.8 Å². The van der Waals surface area contributed by atoms with Crippen LogP contribution in [0.5, 0.6) is 0 Å². The quantitative estimate of drug-likeness (QED) is 0.166. The van der Waals surface area contributed by atoms with Crippen LogP contribution in [-0.4, -0.2) is 142 Å². The second-order valence-corrected chi connectivity index (χ2v) is 7.41. The Hall–Kier alpha value is 4.13. The van der Waals surface area contributed by atoms with E-state index in [1.54, 1.807) is 0 Å². The van der Waals surface area contributed by atoms with Gasteiger partial charge in [-0.25, -0.2) is 0 Å². The number of phosphoric acid groups is 1. The van der Waals surface area contributed by atoms with Gasteiger partial charge in [-0.3, -0.25) is 0 Å². The summed E-state index contributed by atoms with van der Waals surface area (Å²) in [6.07, 6.45) is 19.9. The van der Waals surface area contributed by atoms with Gasteiger partial charge in [0.15, 0.2) is 0 Å². The van der Waals surface area contributed by atoms with Crippen LogP contribution in [0.15, 0.2) is 0 Å². The second kappa shape index (κ2) is 36.7. The SMILES string of the molecule is CCCCCCCCCCCCCCCCCC(=O)[O-].O=P([O-])([O-])[O-].[Ca+2].[Ca+2].[Ca+2].[Mg+2]. The first-order valence-electron chi connectivity index (χ1n) is 9.70. The van der Waals surface area contributed by atoms with Crippen molar-refractivity contribution >= 4 is 150 Å². The summed E-state index contributed by atoms with van der Waals surface area (Å²) in [6, 6.07) is 0. The fourth-order valence-corrected chi connectivity index (χ4v) is 2.64. The van der Waals surface area contributed by atoms with Gasteiger partial charge < -0.3 is 29.1 Å². The van der Waals surface area contributed by atoms with Crippen LogP contribution in [0.1, 0.15) is 110 Å². The van der Waals surface area contributed by atoms with Crippen LogP contribution in [0.2, 0.25) is 0 Å². The van der Waals surface area contributed by atoms with Gasteiger partial charge in [-0.1, -0.05) is 96.8 Å². The number of carbonyl (C=O) groups excluding carboxylic acids is 1. The van der Waals surface area contributed by atoms with Gasteiger partial charge in [0.2, 0.25) is 0 Å². The first-order chi connectivity index (χ1) is 11.8. The summed E-state index contributed by atoms with van der Waals surface area (Å²) in [7, 11) is -5.39. The molecule has 0 amide bonds. The Bertz CT molecular complexity index is 341. The molecule has 0 heterocycles. The fraction of sp³-hybridized carbons (Fsp3) is 0.944. The van der Waals surface area contributed by atoms with Crippen LogP contribution >= 0.6 is 7.82 Å². The summed E-state index contributed by atoms with van der Waals surface area (Å²) in [6.45, 7) is 2.27. The van der Waals surface area contributed by atoms with Crippen molar-refractivity contribution in [2.45, 2.75) is 110 Å². The van der Waals surface area contributed by atoms with Crippen molar-refractivity contribution in [1.29, 1.82) is 0 Å². The van der Waals surface area contributed by atoms with Gasteiger partial charge in [-0.2, -0.15) is 7.82 Å². The molecular formula is C18H35Ca3MgO6P+4. The average molecular weight is 523 g/mol. The smallest absolute Gasteiger partial charge is 0.822 e. The molecule has 0 unspecified atom stereocenters. The van der Waals surface area contributed by atoms with Crippen LogP contribution in [0.3, 0.4) is 0 Å². The van der Waals surface area contributed by atoms with Gasteiger partial charge in [0.1, 0.15) is 0 Å². The Morgan fingerprint density at radius 2 is 0.828 bits per heavy atom. The number of carboxylic acids is 1. The van der Waals surface area contributed by atoms with Gasteiger partial charge >= 0.3 is 136 Å². The van der Waals surface area contributed by atoms with Crippen molar-refractivity contribution in [3.8, 4) is 0 Å². The average Bonchev–Trinajstić information content (AvgIpc) is 2.49. The van der Waals surface area contributed by atoms with Crippen LogP contribution in [0.25, 0.3) is 0 Å². The Labute approximate surface area is 283 Å². The maximum atomic E-state index is 10.2. The van der Waals surface area contributed by atoms with E-state index in [0.717, 1.165) is 12.8 Å². The molecule has 0 aromatic rings. The van der Waals surface area contributed by atoms with E-state index in [2.05, 4.69) is 6.92 Å². The fourth-order valence-electron chi connectivity index (χ4n) is 2.64. The second-order valence-electron chi connectivity index (χ2n) is 6.52. The van der Waals surface area contributed by atoms with Crippen LogP contribution < -0.4 is 19.8 Å². The van der Waals surface area contributed by atoms with E-state index in [1.165, 1.54) is 83.5 Å². The summed E-state index contributed by atoms with van der Waals surface area (Å²) in [5.41, 5.74) is 0. The van der Waals surface area contributed by atoms with Gasteiger partial charge in [0.05, 0.1) is 0 Å². The third-order valence-electron chi connectivity index (χ3n) is 3.98. The standard InChI is InChI=1S/C18H36O2.3Ca.Mg.H3O4P/c1-2-3-4-5-6-7-8-9-10-11-12-13-14-15-16-17-18(19)20;;;;;1-5(2,3)4/h2-17H2,1H3,(H,19,20);;;;;(H3,1,2,3,4)/q;4*+2;/p-4. The third-order valence-corrected chi connectivity index (χ3v) is 3.98. The molecule has 0 fully saturated rings. The van der Waals surface area contributed by atoms with Gasteiger partial charge in [0, 0.05) is 5.97 Å². The maximum absolute atomic E-state index is 10.2. The number of rotatable bonds is 16. The molecule has 0 aromatic heterocycles. The minimum Gasteiger partial charge on any atom is -0.822 e. The van der Waals surface area contributed by atoms with E-state index >= 15 is 0 Å². The molecule has 0 radical (unpaired) electrons. The zero-order valence-corrected chi connectivity index (χ0v) is 27.5. The van der Waals surface area contributed by atoms with Gasteiger partial charge in [0.25, 0.3) is 0 Å². The van der Waals surface area contributed by atoms with E-state index in [-0.39, 0.29) is 143 Å². The van der Waals surface area contributed by atoms with E-state index in [9.17, 15) is 9.90 Å². The van der Waals surface area contributed by atoms with Crippen LogP contribution in [-0.2, 0) is 9.36 Å². The summed E-state index contributed by atoms with van der Waals surface area (Å²) in [5, 5.41) is 10.2. The first-order valence-corrected chi connectivity index (χ1v) is 11.2. The Morgan fingerprint density at radius 1 is 0.621 bits per heavy atom. The van der Waals surface area contributed by atoms with Crippen molar-refractivity contribution in [3.05, 3.63) is 0 Å². The monoisotopic (exact) mass is 522 g/mol. The molecule has 0 saturated carbocycles. The molecule has 0 spiro atoms. The topological polar surface area (TPSA) is 126 Å². The molecule has 0 aliphatic carbocycles. The zero-order chi connectivity index (χ0) is 19.4. The van der Waals surface area contributed by atoms with Crippen LogP contribution in [0.4, 0.5) is 0 Å². The molecular weight excluding hydrogens is 488 g/mol. The molecule has 0 aliphatic heterocycles. The van der Waals surface area contributed by atoms with Gasteiger partial charge in [-0.15, -0.1) is 0 Å². The largest absolute Gasteiger partial charge is 2.00 e. The molecule has 0 rings (SSSR count). The predicted molar refractivity (Wildman–Crippen MR) is 115 cm³/mol. The molecule has 6 nitrogen and oxygen atoms in total. The summed E-state index contributed by atoms with van der Waals surface area (Å²) in [5.74, 6) is -0.903. The maximum Gasteiger partial charge on any atom is 2.00 e. The first kappa shape index (κ1) is 46.5. The van der Waals surface area contributed by atoms with Crippen molar-refractivity contribution in [2.75, 3.05) is 0 Å². The van der Waals surface area contributed by atoms with Crippen molar-refractivity contribution in [3.63, 3.8) is 0 Å². The molecule has 29 heavy (non-hydrogen) atoms. The minimum atomic E-state index is -5.39. The Kier molecular flexibility index (Phi) is 58.8. The Morgan fingerprint density at radius 3 is 1.03 bits per heavy atom. The third kappa shape index (κ3) is 65.3. The molecule has 0 aliphatic rings. The van der Waals surface area contributed by atoms with E-state index in [4.69, 9.17) is 19.2 Å². The number of hydrogen-bond acceptors (Lipinski definition) is 6. The Balaban J connectivity index is -0.000000131. The minimum absolute atomic E-state index is 0. The molecule has 152 valence electrons. The number of aliphatic carboxylic acids is 1. The number of carbonyl (C=O) groups is 1. The van der Waals surface area contributed by atoms with E-state index in [1.807, 2.05) is 0 Å². The van der Waals surface area contributed by atoms with Crippen molar-refractivity contribution in [1.82, 2.24) is 0 Å². The summed E-state index contributed by atoms with van der Waals surface area (Å²) in [4.78, 5) is 35.9. The molecule has 0 bridgehead atoms. The molecule has 0 N–H and O–H groups in total. The van der Waals surface area contributed by atoms with Crippen molar-refractivity contribution in [2.24, 2.45) is 0 Å². The molecule has 0 saturated heterocycles. The zero-order valence-electron chi connectivity index (χ0n) is 18.5. The number of hydrogen-bond donors (Lipinski definition) is 0. The molecule has 11 heteroatoms. The van der Waals surface area contributed by atoms with Crippen molar-refractivity contribution < 1.29 is 29.1 Å². The summed E-state index contributed by atoms with van der Waals surface area (Å²) < 4.78 is 8.55. The predicted octanol–water partition coefficient (Wildman–Crippen LogP) is 0.650. The normalized spacial score (nSPS) is 9.52. The number of carboxylic acid groups (broad SMARTS) is 1. The van der Waals surface area contributed by atoms with E-state index in [0.29, 0.717) is 0 Å². The summed E-state index contributed by atoms with van der Waals surface area (Å²) >= 11 is 0. The van der Waals surface area contributed by atoms with Gasteiger partial charge in [-0.05, 0) is 12.8 Å². The van der Waals surface area contributed by atoms with Crippen LogP contribution in [0, 0.1) is 0 Å². The molecule has 0 atom stereocenters.